The van der Waals surface area contributed by atoms with Crippen molar-refractivity contribution in [2.45, 2.75) is 39.9 Å². The number of benzene rings is 2. The number of hydrogen-bond donors (Lipinski definition) is 1. The minimum Gasteiger partial charge on any atom is -0.437 e. The summed E-state index contributed by atoms with van der Waals surface area (Å²) in [4.78, 5) is 30.0. The number of nitrogens with one attached hydrogen (secondary N) is 1. The molecule has 0 spiro atoms. The van der Waals surface area contributed by atoms with Gasteiger partial charge in [-0.05, 0) is 37.1 Å². The molecule has 2 aromatic heterocycles. The maximum Gasteiger partial charge on any atom is 0.416 e. The molecule has 1 N–H and O–H groups in total. The van der Waals surface area contributed by atoms with Gasteiger partial charge in [-0.1, -0.05) is 43.4 Å². The molecule has 0 aliphatic carbocycles. The Morgan fingerprint density at radius 1 is 1.12 bits per heavy atom. The summed E-state index contributed by atoms with van der Waals surface area (Å²) in [5, 5.41) is 3.15. The molecular weight excluding hydrogens is 553 g/mol. The highest BCUT2D eigenvalue weighted by Crippen LogP contribution is 2.36. The number of thiazole rings is 1. The van der Waals surface area contributed by atoms with Crippen molar-refractivity contribution in [1.82, 2.24) is 19.9 Å². The van der Waals surface area contributed by atoms with Crippen LogP contribution in [0.25, 0.3) is 21.5 Å². The number of alkyl halides is 3. The standard InChI is InChI=1S/C29H31F3N6O2S/c1-17(2)15-37-12-13-38(16-18(37)3)27-34-22(20-8-10-21(11-9-20)29(30,31)32)14-25(35-27)40-23-6-5-7-24-26(23)36-28(41-24)33-19(4)39/h5-11,14,17-18H,12-13,15-16H2,1-4H3,(H,33,36,39). The second-order valence-electron chi connectivity index (χ2n) is 10.6. The van der Waals surface area contributed by atoms with Crippen LogP contribution in [0.15, 0.2) is 48.5 Å². The monoisotopic (exact) mass is 584 g/mol. The lowest BCUT2D eigenvalue weighted by Gasteiger charge is -2.40. The predicted octanol–water partition coefficient (Wildman–Crippen LogP) is 6.69. The predicted molar refractivity (Wildman–Crippen MR) is 155 cm³/mol. The smallest absolute Gasteiger partial charge is 0.416 e. The van der Waals surface area contributed by atoms with Crippen LogP contribution in [-0.2, 0) is 11.0 Å². The number of anilines is 2. The average molecular weight is 585 g/mol. The van der Waals surface area contributed by atoms with Crippen molar-refractivity contribution >= 4 is 38.5 Å². The van der Waals surface area contributed by atoms with E-state index in [0.29, 0.717) is 52.6 Å². The Morgan fingerprint density at radius 3 is 2.54 bits per heavy atom. The largest absolute Gasteiger partial charge is 0.437 e. The fraction of sp³-hybridized carbons (Fsp3) is 0.379. The van der Waals surface area contributed by atoms with Crippen molar-refractivity contribution in [2.75, 3.05) is 36.4 Å². The van der Waals surface area contributed by atoms with Gasteiger partial charge < -0.3 is 15.0 Å². The lowest BCUT2D eigenvalue weighted by molar-refractivity contribution is -0.137. The second-order valence-corrected chi connectivity index (χ2v) is 11.6. The minimum atomic E-state index is -4.43. The van der Waals surface area contributed by atoms with E-state index in [-0.39, 0.29) is 17.8 Å². The topological polar surface area (TPSA) is 83.5 Å². The molecule has 1 fully saturated rings. The van der Waals surface area contributed by atoms with Gasteiger partial charge in [-0.25, -0.2) is 9.97 Å². The fourth-order valence-electron chi connectivity index (χ4n) is 4.82. The molecule has 1 aliphatic rings. The summed E-state index contributed by atoms with van der Waals surface area (Å²) in [5.41, 5.74) is 0.791. The molecule has 1 atom stereocenters. The van der Waals surface area contributed by atoms with E-state index in [9.17, 15) is 18.0 Å². The number of aromatic nitrogens is 3. The van der Waals surface area contributed by atoms with Crippen molar-refractivity contribution in [3.05, 3.63) is 54.1 Å². The second kappa shape index (κ2) is 11.6. The van der Waals surface area contributed by atoms with E-state index in [0.717, 1.165) is 29.9 Å². The molecule has 216 valence electrons. The van der Waals surface area contributed by atoms with Gasteiger partial charge in [0.25, 0.3) is 0 Å². The number of ether oxygens (including phenoxy) is 1. The van der Waals surface area contributed by atoms with E-state index in [1.165, 1.54) is 30.4 Å². The van der Waals surface area contributed by atoms with Crippen LogP contribution in [0.5, 0.6) is 11.6 Å². The first-order valence-corrected chi connectivity index (χ1v) is 14.2. The normalized spacial score (nSPS) is 16.4. The van der Waals surface area contributed by atoms with Gasteiger partial charge in [0.1, 0.15) is 5.52 Å². The number of carbonyl (C=O) groups excluding carboxylic acids is 1. The summed E-state index contributed by atoms with van der Waals surface area (Å²) in [6.45, 7) is 11.2. The molecule has 1 aliphatic heterocycles. The van der Waals surface area contributed by atoms with Crippen LogP contribution >= 0.6 is 11.3 Å². The molecule has 41 heavy (non-hydrogen) atoms. The Kier molecular flexibility index (Phi) is 8.14. The quantitative estimate of drug-likeness (QED) is 0.259. The molecule has 12 heteroatoms. The fourth-order valence-corrected chi connectivity index (χ4v) is 5.75. The van der Waals surface area contributed by atoms with E-state index in [1.54, 1.807) is 12.1 Å². The van der Waals surface area contributed by atoms with Crippen LogP contribution in [0, 0.1) is 5.92 Å². The van der Waals surface area contributed by atoms with Crippen LogP contribution in [0.1, 0.15) is 33.3 Å². The van der Waals surface area contributed by atoms with E-state index in [1.807, 2.05) is 12.1 Å². The number of hydrogen-bond acceptors (Lipinski definition) is 8. The van der Waals surface area contributed by atoms with E-state index in [2.05, 4.69) is 40.9 Å². The molecule has 5 rings (SSSR count). The van der Waals surface area contributed by atoms with Crippen molar-refractivity contribution < 1.29 is 22.7 Å². The minimum absolute atomic E-state index is 0.226. The van der Waals surface area contributed by atoms with Gasteiger partial charge in [0.15, 0.2) is 10.9 Å². The Balaban J connectivity index is 1.51. The molecule has 0 saturated carbocycles. The molecule has 0 radical (unpaired) electrons. The number of rotatable bonds is 7. The van der Waals surface area contributed by atoms with Gasteiger partial charge in [-0.15, -0.1) is 0 Å². The van der Waals surface area contributed by atoms with Crippen molar-refractivity contribution in [2.24, 2.45) is 5.92 Å². The van der Waals surface area contributed by atoms with Crippen molar-refractivity contribution in [3.63, 3.8) is 0 Å². The Bertz CT molecular complexity index is 1540. The molecular formula is C29H31F3N6O2S. The lowest BCUT2D eigenvalue weighted by Crippen LogP contribution is -2.53. The highest BCUT2D eigenvalue weighted by Gasteiger charge is 2.30. The van der Waals surface area contributed by atoms with E-state index < -0.39 is 11.7 Å². The van der Waals surface area contributed by atoms with Crippen LogP contribution in [0.3, 0.4) is 0 Å². The molecule has 0 bridgehead atoms. The maximum absolute atomic E-state index is 13.2. The van der Waals surface area contributed by atoms with Gasteiger partial charge in [0.05, 0.1) is 16.0 Å². The molecule has 1 unspecified atom stereocenters. The first-order valence-electron chi connectivity index (χ1n) is 13.4. The average Bonchev–Trinajstić information content (AvgIpc) is 3.32. The third-order valence-electron chi connectivity index (χ3n) is 6.73. The molecule has 1 saturated heterocycles. The Morgan fingerprint density at radius 2 is 1.88 bits per heavy atom. The number of carbonyl (C=O) groups is 1. The zero-order valence-electron chi connectivity index (χ0n) is 23.2. The molecule has 3 heterocycles. The number of halogens is 3. The molecule has 2 aromatic carbocycles. The van der Waals surface area contributed by atoms with Crippen LogP contribution in [0.2, 0.25) is 0 Å². The van der Waals surface area contributed by atoms with Crippen LogP contribution in [0.4, 0.5) is 24.3 Å². The summed E-state index contributed by atoms with van der Waals surface area (Å²) < 4.78 is 46.7. The summed E-state index contributed by atoms with van der Waals surface area (Å²) in [6.07, 6.45) is -4.43. The van der Waals surface area contributed by atoms with Crippen LogP contribution in [-0.4, -0.2) is 58.0 Å². The van der Waals surface area contributed by atoms with Gasteiger partial charge in [0.2, 0.25) is 17.7 Å². The van der Waals surface area contributed by atoms with Gasteiger partial charge in [0, 0.05) is 50.8 Å². The zero-order chi connectivity index (χ0) is 29.3. The van der Waals surface area contributed by atoms with Gasteiger partial charge >= 0.3 is 6.18 Å². The number of fused-ring (bicyclic) bond motifs is 1. The molecule has 8 nitrogen and oxygen atoms in total. The van der Waals surface area contributed by atoms with Crippen molar-refractivity contribution in [3.8, 4) is 22.9 Å². The highest BCUT2D eigenvalue weighted by molar-refractivity contribution is 7.22. The summed E-state index contributed by atoms with van der Waals surface area (Å²) in [5.74, 6) is 1.44. The summed E-state index contributed by atoms with van der Waals surface area (Å²) in [7, 11) is 0. The number of nitrogens with zero attached hydrogens (tertiary/aromatic N) is 5. The number of para-hydroxylation sites is 1. The lowest BCUT2D eigenvalue weighted by atomic mass is 10.1. The maximum atomic E-state index is 13.2. The third-order valence-corrected chi connectivity index (χ3v) is 7.66. The van der Waals surface area contributed by atoms with E-state index >= 15 is 0 Å². The Labute approximate surface area is 240 Å². The number of amides is 1. The highest BCUT2D eigenvalue weighted by atomic mass is 32.1. The summed E-state index contributed by atoms with van der Waals surface area (Å²) >= 11 is 1.32. The summed E-state index contributed by atoms with van der Waals surface area (Å²) in [6, 6.07) is 12.2. The SMILES string of the molecule is CC(=O)Nc1nc2c(Oc3cc(-c4ccc(C(F)(F)F)cc4)nc(N4CCN(CC(C)C)C(C)C4)n3)cccc2s1. The van der Waals surface area contributed by atoms with Gasteiger partial charge in [-0.2, -0.15) is 18.2 Å². The van der Waals surface area contributed by atoms with E-state index in [4.69, 9.17) is 14.7 Å². The number of piperazine rings is 1. The van der Waals surface area contributed by atoms with Crippen molar-refractivity contribution in [1.29, 1.82) is 0 Å². The van der Waals surface area contributed by atoms with Gasteiger partial charge in [-0.3, -0.25) is 9.69 Å². The first-order chi connectivity index (χ1) is 19.5. The molecule has 1 amide bonds. The van der Waals surface area contributed by atoms with Crippen LogP contribution < -0.4 is 15.0 Å². The Hall–Kier alpha value is -3.77. The third kappa shape index (κ3) is 6.76. The first kappa shape index (κ1) is 28.7. The zero-order valence-corrected chi connectivity index (χ0v) is 24.0. The molecule has 4 aromatic rings.